The van der Waals surface area contributed by atoms with Crippen LogP contribution in [0.3, 0.4) is 0 Å². The molecule has 0 unspecified atom stereocenters. The third kappa shape index (κ3) is 4.28. The highest BCUT2D eigenvalue weighted by atomic mass is 32.1. The van der Waals surface area contributed by atoms with Crippen molar-refractivity contribution in [1.82, 2.24) is 0 Å². The molecule has 0 atom stereocenters. The van der Waals surface area contributed by atoms with E-state index in [1.54, 1.807) is 0 Å². The number of hydrogen-bond acceptors (Lipinski definition) is 3. The number of thiophene rings is 1. The lowest BCUT2D eigenvalue weighted by Crippen LogP contribution is -2.57. The van der Waals surface area contributed by atoms with E-state index in [-0.39, 0.29) is 23.0 Å². The molecule has 45 heavy (non-hydrogen) atoms. The van der Waals surface area contributed by atoms with Gasteiger partial charge >= 0.3 is 0 Å². The SMILES string of the molecule is Cc1cc(C)c(-c2cc3c4c(c2)Oc2c(sc5ccc(C(C)(C)C)cc25)B4c2cc4c(cc2O3)C(C)(C)CCC4(C)C)c(C)c1. The summed E-state index contributed by atoms with van der Waals surface area (Å²) in [4.78, 5) is 0. The minimum Gasteiger partial charge on any atom is -0.458 e. The summed E-state index contributed by atoms with van der Waals surface area (Å²) in [5.74, 6) is 3.86. The molecule has 8 rings (SSSR count). The lowest BCUT2D eigenvalue weighted by atomic mass is 9.37. The molecule has 4 heteroatoms. The summed E-state index contributed by atoms with van der Waals surface area (Å²) in [6.07, 6.45) is 2.36. The molecule has 2 aliphatic heterocycles. The smallest absolute Gasteiger partial charge is 0.273 e. The number of aryl methyl sites for hydroxylation is 3. The Morgan fingerprint density at radius 3 is 2.00 bits per heavy atom. The number of fused-ring (bicyclic) bond motifs is 7. The predicted molar refractivity (Wildman–Crippen MR) is 193 cm³/mol. The maximum absolute atomic E-state index is 7.04. The first kappa shape index (κ1) is 28.9. The van der Waals surface area contributed by atoms with Crippen LogP contribution in [-0.2, 0) is 16.2 Å². The third-order valence-corrected chi connectivity index (χ3v) is 12.1. The van der Waals surface area contributed by atoms with Gasteiger partial charge in [-0.2, -0.15) is 0 Å². The molecular weight excluding hydrogens is 567 g/mol. The fourth-order valence-corrected chi connectivity index (χ4v) is 9.51. The van der Waals surface area contributed by atoms with E-state index in [1.807, 2.05) is 11.3 Å². The summed E-state index contributed by atoms with van der Waals surface area (Å²) in [6.45, 7) is 23.2. The van der Waals surface area contributed by atoms with Gasteiger partial charge < -0.3 is 9.47 Å². The molecule has 3 heterocycles. The van der Waals surface area contributed by atoms with E-state index in [2.05, 4.69) is 124 Å². The molecule has 0 radical (unpaired) electrons. The first-order valence-electron chi connectivity index (χ1n) is 16.5. The predicted octanol–water partition coefficient (Wildman–Crippen LogP) is 9.87. The first-order chi connectivity index (χ1) is 21.1. The molecule has 0 fully saturated rings. The average molecular weight is 611 g/mol. The highest BCUT2D eigenvalue weighted by Crippen LogP contribution is 2.49. The molecular formula is C41H43BO2S. The van der Waals surface area contributed by atoms with Crippen LogP contribution in [0.2, 0.25) is 0 Å². The van der Waals surface area contributed by atoms with Crippen molar-refractivity contribution >= 4 is 43.8 Å². The zero-order valence-electron chi connectivity index (χ0n) is 28.4. The zero-order chi connectivity index (χ0) is 31.8. The molecule has 0 spiro atoms. The van der Waals surface area contributed by atoms with Crippen molar-refractivity contribution in [3.63, 3.8) is 0 Å². The lowest BCUT2D eigenvalue weighted by Gasteiger charge is -2.43. The van der Waals surface area contributed by atoms with Crippen LogP contribution in [0.5, 0.6) is 23.0 Å². The minimum atomic E-state index is 0.0547. The van der Waals surface area contributed by atoms with Crippen LogP contribution in [0.25, 0.3) is 21.2 Å². The van der Waals surface area contributed by atoms with Gasteiger partial charge in [0, 0.05) is 20.3 Å². The molecule has 0 bridgehead atoms. The van der Waals surface area contributed by atoms with Crippen LogP contribution in [0.15, 0.2) is 54.6 Å². The lowest BCUT2D eigenvalue weighted by molar-refractivity contribution is 0.330. The first-order valence-corrected chi connectivity index (χ1v) is 17.3. The van der Waals surface area contributed by atoms with Crippen LogP contribution in [0.4, 0.5) is 0 Å². The van der Waals surface area contributed by atoms with Crippen molar-refractivity contribution < 1.29 is 9.47 Å². The Bertz CT molecular complexity index is 2060. The van der Waals surface area contributed by atoms with E-state index in [0.29, 0.717) is 0 Å². The maximum atomic E-state index is 7.04. The van der Waals surface area contributed by atoms with Crippen LogP contribution in [-0.4, -0.2) is 6.71 Å². The van der Waals surface area contributed by atoms with Gasteiger partial charge in [-0.15, -0.1) is 11.3 Å². The van der Waals surface area contributed by atoms with Gasteiger partial charge in [0.25, 0.3) is 6.71 Å². The Morgan fingerprint density at radius 2 is 1.36 bits per heavy atom. The number of rotatable bonds is 1. The van der Waals surface area contributed by atoms with Crippen molar-refractivity contribution in [2.75, 3.05) is 0 Å². The van der Waals surface area contributed by atoms with E-state index < -0.39 is 0 Å². The van der Waals surface area contributed by atoms with Gasteiger partial charge in [-0.05, 0) is 125 Å². The van der Waals surface area contributed by atoms with Gasteiger partial charge in [0.1, 0.15) is 23.0 Å². The van der Waals surface area contributed by atoms with Gasteiger partial charge in [0.2, 0.25) is 0 Å². The fourth-order valence-electron chi connectivity index (χ4n) is 8.27. The molecule has 0 saturated carbocycles. The minimum absolute atomic E-state index is 0.0547. The van der Waals surface area contributed by atoms with Gasteiger partial charge in [0.15, 0.2) is 0 Å². The van der Waals surface area contributed by atoms with Crippen LogP contribution in [0.1, 0.15) is 94.7 Å². The molecule has 0 amide bonds. The summed E-state index contributed by atoms with van der Waals surface area (Å²) in [7, 11) is 0. The van der Waals surface area contributed by atoms with Gasteiger partial charge in [-0.25, -0.2) is 0 Å². The average Bonchev–Trinajstić information content (AvgIpc) is 3.31. The monoisotopic (exact) mass is 610 g/mol. The Kier molecular flexibility index (Phi) is 5.97. The van der Waals surface area contributed by atoms with Crippen LogP contribution >= 0.6 is 11.3 Å². The molecule has 5 aromatic rings. The second kappa shape index (κ2) is 9.29. The van der Waals surface area contributed by atoms with E-state index in [1.165, 1.54) is 72.1 Å². The molecule has 0 N–H and O–H groups in total. The summed E-state index contributed by atoms with van der Waals surface area (Å²) >= 11 is 1.89. The van der Waals surface area contributed by atoms with Crippen molar-refractivity contribution in [3.8, 4) is 34.1 Å². The topological polar surface area (TPSA) is 18.5 Å². The Balaban J connectivity index is 1.43. The maximum Gasteiger partial charge on any atom is 0.273 e. The molecule has 0 saturated heterocycles. The van der Waals surface area contributed by atoms with Crippen molar-refractivity contribution in [3.05, 3.63) is 88.0 Å². The number of ether oxygens (including phenoxy) is 2. The zero-order valence-corrected chi connectivity index (χ0v) is 29.2. The highest BCUT2D eigenvalue weighted by molar-refractivity contribution is 7.33. The molecule has 4 aromatic carbocycles. The van der Waals surface area contributed by atoms with Gasteiger partial charge in [0.05, 0.1) is 0 Å². The highest BCUT2D eigenvalue weighted by Gasteiger charge is 2.45. The normalized spacial score (nSPS) is 17.2. The summed E-state index contributed by atoms with van der Waals surface area (Å²) in [6, 6.07) is 21.0. The summed E-state index contributed by atoms with van der Waals surface area (Å²) in [5.41, 5.74) is 13.2. The number of hydrogen-bond donors (Lipinski definition) is 0. The Labute approximate surface area is 272 Å². The Morgan fingerprint density at radius 1 is 0.733 bits per heavy atom. The molecule has 1 aromatic heterocycles. The number of benzene rings is 4. The largest absolute Gasteiger partial charge is 0.458 e. The van der Waals surface area contributed by atoms with E-state index in [4.69, 9.17) is 9.47 Å². The molecule has 228 valence electrons. The summed E-state index contributed by atoms with van der Waals surface area (Å²) in [5, 5.41) is 1.22. The second-order valence-electron chi connectivity index (χ2n) is 16.3. The Hall–Kier alpha value is -3.50. The quantitative estimate of drug-likeness (QED) is 0.172. The van der Waals surface area contributed by atoms with Gasteiger partial charge in [-0.1, -0.05) is 78.3 Å². The van der Waals surface area contributed by atoms with Crippen LogP contribution in [0, 0.1) is 20.8 Å². The van der Waals surface area contributed by atoms with E-state index in [9.17, 15) is 0 Å². The standard InChI is InChI=1S/C41H43BO2S/c1-22-15-23(2)35(24(3)16-22)25-17-32-36-33(18-25)44-37-27-19-26(39(4,5)6)11-12-34(27)45-38(37)42(36)30-20-28-29(21-31(30)43-32)41(9,10)14-13-40(28,7)8/h11-12,15-21H,13-14H2,1-10H3. The van der Waals surface area contributed by atoms with E-state index >= 15 is 0 Å². The third-order valence-electron chi connectivity index (χ3n) is 10.9. The molecule has 1 aliphatic carbocycles. The molecule has 3 aliphatic rings. The molecule has 2 nitrogen and oxygen atoms in total. The van der Waals surface area contributed by atoms with Gasteiger partial charge in [-0.3, -0.25) is 0 Å². The van der Waals surface area contributed by atoms with E-state index in [0.717, 1.165) is 34.0 Å². The second-order valence-corrected chi connectivity index (χ2v) is 17.3. The van der Waals surface area contributed by atoms with Crippen molar-refractivity contribution in [1.29, 1.82) is 0 Å². The van der Waals surface area contributed by atoms with Crippen molar-refractivity contribution in [2.24, 2.45) is 0 Å². The summed E-state index contributed by atoms with van der Waals surface area (Å²) < 4.78 is 16.6. The fraction of sp³-hybridized carbons (Fsp3) is 0.366. The van der Waals surface area contributed by atoms with Crippen molar-refractivity contribution in [2.45, 2.75) is 98.3 Å². The van der Waals surface area contributed by atoms with Crippen LogP contribution < -0.4 is 25.2 Å².